The Kier molecular flexibility index (Phi) is 4.68. The van der Waals surface area contributed by atoms with Gasteiger partial charge in [0.05, 0.1) is 16.0 Å². The second-order valence-corrected chi connectivity index (χ2v) is 6.87. The molecule has 2 rings (SSSR count). The van der Waals surface area contributed by atoms with Gasteiger partial charge < -0.3 is 5.73 Å². The van der Waals surface area contributed by atoms with Crippen LogP contribution in [0.2, 0.25) is 0 Å². The van der Waals surface area contributed by atoms with Gasteiger partial charge in [-0.2, -0.15) is 5.10 Å². The molecule has 0 atom stereocenters. The number of allylic oxidation sites excluding steroid dienone is 2. The summed E-state index contributed by atoms with van der Waals surface area (Å²) in [5.74, 6) is -0.651. The highest BCUT2D eigenvalue weighted by Gasteiger charge is 2.19. The molecule has 8 heteroatoms. The van der Waals surface area contributed by atoms with Crippen LogP contribution in [0.3, 0.4) is 0 Å². The lowest BCUT2D eigenvalue weighted by atomic mass is 10.2. The molecule has 0 spiro atoms. The van der Waals surface area contributed by atoms with E-state index >= 15 is 0 Å². The lowest BCUT2D eigenvalue weighted by molar-refractivity contribution is -0.118. The first kappa shape index (κ1) is 16.3. The second-order valence-electron chi connectivity index (χ2n) is 4.68. The minimum Gasteiger partial charge on any atom is -0.368 e. The molecule has 0 aromatic heterocycles. The van der Waals surface area contributed by atoms with Gasteiger partial charge in [0.25, 0.3) is 0 Å². The largest absolute Gasteiger partial charge is 0.368 e. The van der Waals surface area contributed by atoms with E-state index in [1.54, 1.807) is 12.1 Å². The van der Waals surface area contributed by atoms with Crippen LogP contribution >= 0.6 is 11.6 Å². The highest BCUT2D eigenvalue weighted by molar-refractivity contribution is 7.94. The first-order valence-corrected chi connectivity index (χ1v) is 8.22. The number of hydrogen-bond acceptors (Lipinski definition) is 5. The minimum atomic E-state index is -3.68. The maximum Gasteiger partial charge on any atom is 0.239 e. The Morgan fingerprint density at radius 1 is 1.32 bits per heavy atom. The van der Waals surface area contributed by atoms with Gasteiger partial charge in [-0.3, -0.25) is 9.80 Å². The monoisotopic (exact) mass is 339 g/mol. The predicted molar refractivity (Wildman–Crippen MR) is 84.8 cm³/mol. The van der Waals surface area contributed by atoms with Gasteiger partial charge in [0.1, 0.15) is 11.7 Å². The average molecular weight is 340 g/mol. The van der Waals surface area contributed by atoms with Gasteiger partial charge in [0, 0.05) is 0 Å². The Morgan fingerprint density at radius 3 is 2.55 bits per heavy atom. The van der Waals surface area contributed by atoms with Crippen molar-refractivity contribution in [1.82, 2.24) is 5.01 Å². The summed E-state index contributed by atoms with van der Waals surface area (Å²) in [5.41, 5.74) is 6.30. The van der Waals surface area contributed by atoms with Crippen molar-refractivity contribution in [3.8, 4) is 0 Å². The van der Waals surface area contributed by atoms with Crippen LogP contribution in [0.25, 0.3) is 0 Å². The first-order valence-electron chi connectivity index (χ1n) is 6.29. The van der Waals surface area contributed by atoms with E-state index in [4.69, 9.17) is 17.3 Å². The highest BCUT2D eigenvalue weighted by atomic mass is 35.5. The van der Waals surface area contributed by atoms with Gasteiger partial charge in [-0.15, -0.1) is 0 Å². The molecule has 1 aliphatic heterocycles. The average Bonchev–Trinajstić information content (AvgIpc) is 2.41. The van der Waals surface area contributed by atoms with Crippen molar-refractivity contribution in [2.24, 2.45) is 10.8 Å². The molecular formula is C14H14ClN3O3S. The number of hydrazone groups is 1. The van der Waals surface area contributed by atoms with Crippen molar-refractivity contribution in [3.05, 3.63) is 53.1 Å². The molecule has 0 saturated heterocycles. The molecule has 0 radical (unpaired) electrons. The van der Waals surface area contributed by atoms with E-state index in [1.165, 1.54) is 24.3 Å². The summed E-state index contributed by atoms with van der Waals surface area (Å²) in [6.07, 6.45) is 2.90. The third kappa shape index (κ3) is 3.96. The van der Waals surface area contributed by atoms with Crippen LogP contribution in [0.1, 0.15) is 5.56 Å². The van der Waals surface area contributed by atoms with E-state index in [2.05, 4.69) is 5.10 Å². The molecule has 116 valence electrons. The van der Waals surface area contributed by atoms with Crippen molar-refractivity contribution < 1.29 is 13.2 Å². The summed E-state index contributed by atoms with van der Waals surface area (Å²) in [5, 5.41) is 6.20. The Bertz CT molecular complexity index is 780. The number of primary amides is 1. The van der Waals surface area contributed by atoms with Gasteiger partial charge in [-0.05, 0) is 31.2 Å². The molecule has 0 saturated carbocycles. The Labute approximate surface area is 133 Å². The van der Waals surface area contributed by atoms with Crippen LogP contribution in [0, 0.1) is 6.92 Å². The summed E-state index contributed by atoms with van der Waals surface area (Å²) < 4.78 is 24.8. The number of sulfone groups is 1. The van der Waals surface area contributed by atoms with Gasteiger partial charge in [-0.25, -0.2) is 8.42 Å². The zero-order valence-corrected chi connectivity index (χ0v) is 13.3. The molecular weight excluding hydrogens is 326 g/mol. The van der Waals surface area contributed by atoms with Crippen molar-refractivity contribution in [2.45, 2.75) is 11.8 Å². The number of carbonyl (C=O) groups is 1. The molecule has 1 aliphatic rings. The SMILES string of the molecule is Cc1ccc(S(=O)(=O)/C=C2\C=CC(Cl)=NN2CC(N)=O)cc1. The Morgan fingerprint density at radius 2 is 1.95 bits per heavy atom. The summed E-state index contributed by atoms with van der Waals surface area (Å²) in [4.78, 5) is 11.2. The van der Waals surface area contributed by atoms with Gasteiger partial charge in [-0.1, -0.05) is 29.3 Å². The number of aryl methyl sites for hydroxylation is 1. The van der Waals surface area contributed by atoms with Crippen molar-refractivity contribution in [2.75, 3.05) is 6.54 Å². The fourth-order valence-electron chi connectivity index (χ4n) is 1.78. The number of hydrogen-bond donors (Lipinski definition) is 1. The van der Waals surface area contributed by atoms with E-state index < -0.39 is 15.7 Å². The minimum absolute atomic E-state index is 0.131. The molecule has 0 bridgehead atoms. The van der Waals surface area contributed by atoms with Crippen molar-refractivity contribution >= 4 is 32.5 Å². The summed E-state index contributed by atoms with van der Waals surface area (Å²) in [6, 6.07) is 6.45. The van der Waals surface area contributed by atoms with E-state index in [-0.39, 0.29) is 22.3 Å². The van der Waals surface area contributed by atoms with E-state index in [0.29, 0.717) is 0 Å². The molecule has 1 aromatic carbocycles. The zero-order chi connectivity index (χ0) is 16.3. The lowest BCUT2D eigenvalue weighted by Crippen LogP contribution is -2.31. The van der Waals surface area contributed by atoms with E-state index in [0.717, 1.165) is 16.0 Å². The summed E-state index contributed by atoms with van der Waals surface area (Å²) in [7, 11) is -3.68. The molecule has 0 aliphatic carbocycles. The van der Waals surface area contributed by atoms with Crippen LogP contribution in [0.4, 0.5) is 0 Å². The van der Waals surface area contributed by atoms with Crippen LogP contribution in [-0.2, 0) is 14.6 Å². The topological polar surface area (TPSA) is 92.8 Å². The van der Waals surface area contributed by atoms with Crippen LogP contribution in [-0.4, -0.2) is 31.0 Å². The van der Waals surface area contributed by atoms with E-state index in [9.17, 15) is 13.2 Å². The standard InChI is InChI=1S/C14H14ClN3O3S/c1-10-2-5-12(6-3-10)22(20,21)9-11-4-7-13(15)17-18(11)8-14(16)19/h2-7,9H,8H2,1H3,(H2,16,19)/b11-9+. The quantitative estimate of drug-likeness (QED) is 0.900. The van der Waals surface area contributed by atoms with Crippen LogP contribution in [0.5, 0.6) is 0 Å². The molecule has 22 heavy (non-hydrogen) atoms. The lowest BCUT2D eigenvalue weighted by Gasteiger charge is -2.21. The number of benzene rings is 1. The summed E-state index contributed by atoms with van der Waals surface area (Å²) in [6.45, 7) is 1.60. The van der Waals surface area contributed by atoms with Gasteiger partial charge in [0.2, 0.25) is 15.7 Å². The third-order valence-corrected chi connectivity index (χ3v) is 4.52. The Balaban J connectivity index is 2.39. The molecule has 1 heterocycles. The molecule has 1 amide bonds. The smallest absolute Gasteiger partial charge is 0.239 e. The molecule has 0 fully saturated rings. The van der Waals surface area contributed by atoms with Crippen LogP contribution < -0.4 is 5.73 Å². The normalized spacial score (nSPS) is 16.7. The van der Waals surface area contributed by atoms with Crippen molar-refractivity contribution in [1.29, 1.82) is 0 Å². The number of nitrogens with two attached hydrogens (primary N) is 1. The Hall–Kier alpha value is -2.12. The maximum absolute atomic E-state index is 12.4. The maximum atomic E-state index is 12.4. The number of rotatable bonds is 4. The second kappa shape index (κ2) is 6.33. The van der Waals surface area contributed by atoms with E-state index in [1.807, 2.05) is 6.92 Å². The van der Waals surface area contributed by atoms with Gasteiger partial charge in [0.15, 0.2) is 0 Å². The highest BCUT2D eigenvalue weighted by Crippen LogP contribution is 2.20. The molecule has 2 N–H and O–H groups in total. The van der Waals surface area contributed by atoms with Crippen molar-refractivity contribution in [3.63, 3.8) is 0 Å². The number of carbonyl (C=O) groups excluding carboxylic acids is 1. The van der Waals surface area contributed by atoms with Crippen LogP contribution in [0.15, 0.2) is 57.5 Å². The third-order valence-electron chi connectivity index (χ3n) is 2.84. The summed E-state index contributed by atoms with van der Waals surface area (Å²) >= 11 is 5.76. The molecule has 6 nitrogen and oxygen atoms in total. The number of halogens is 1. The number of nitrogens with zero attached hydrogens (tertiary/aromatic N) is 2. The van der Waals surface area contributed by atoms with Gasteiger partial charge >= 0.3 is 0 Å². The molecule has 1 aromatic rings. The molecule has 0 unspecified atom stereocenters. The number of amides is 1. The zero-order valence-electron chi connectivity index (χ0n) is 11.7. The first-order chi connectivity index (χ1) is 10.3. The predicted octanol–water partition coefficient (Wildman–Crippen LogP) is 1.52. The fraction of sp³-hybridized carbons (Fsp3) is 0.143. The fourth-order valence-corrected chi connectivity index (χ4v) is 3.10.